The molecule has 2 aromatic rings. The maximum Gasteiger partial charge on any atom is 0.347 e. The van der Waals surface area contributed by atoms with Gasteiger partial charge in [0, 0.05) is 11.8 Å². The summed E-state index contributed by atoms with van der Waals surface area (Å²) in [6, 6.07) is 15.3. The van der Waals surface area contributed by atoms with Gasteiger partial charge >= 0.3 is 11.9 Å². The van der Waals surface area contributed by atoms with Crippen molar-refractivity contribution < 1.29 is 39.0 Å². The van der Waals surface area contributed by atoms with E-state index in [0.29, 0.717) is 37.7 Å². The van der Waals surface area contributed by atoms with Crippen LogP contribution in [0.3, 0.4) is 0 Å². The van der Waals surface area contributed by atoms with E-state index in [2.05, 4.69) is 10.3 Å². The number of esters is 2. The smallest absolute Gasteiger partial charge is 0.347 e. The lowest BCUT2D eigenvalue weighted by molar-refractivity contribution is -0.149. The summed E-state index contributed by atoms with van der Waals surface area (Å²) in [6.07, 6.45) is 0.430. The molecule has 12 nitrogen and oxygen atoms in total. The van der Waals surface area contributed by atoms with Gasteiger partial charge in [-0.1, -0.05) is 72.7 Å². The normalized spacial score (nSPS) is 14.3. The zero-order chi connectivity index (χ0) is 33.1. The zero-order valence-electron chi connectivity index (χ0n) is 26.6. The van der Waals surface area contributed by atoms with Crippen LogP contribution in [0.4, 0.5) is 0 Å². The first-order valence-corrected chi connectivity index (χ1v) is 14.6. The van der Waals surface area contributed by atoms with Crippen LogP contribution in [0.1, 0.15) is 76.0 Å². The Morgan fingerprint density at radius 3 is 1.25 bits per heavy atom. The molecule has 244 valence electrons. The monoisotopic (exact) mass is 616 g/mol. The van der Waals surface area contributed by atoms with E-state index in [1.165, 1.54) is 0 Å². The van der Waals surface area contributed by atoms with E-state index in [1.807, 2.05) is 62.4 Å². The van der Waals surface area contributed by atoms with Crippen LogP contribution in [-0.2, 0) is 41.6 Å². The SMILES string of the molecule is CCOC(=O)CO/N=C(\N)[C@@H](C)Cc1ccc(C(C)O)cc1.CCOC(=O)CO/N=C(\N)[C@@H](C)Cc1ccc(C(C)O)cc1. The summed E-state index contributed by atoms with van der Waals surface area (Å²) in [5, 5.41) is 26.4. The molecule has 0 saturated heterocycles. The Balaban J connectivity index is 0.000000440. The minimum absolute atomic E-state index is 0.0282. The number of aliphatic hydroxyl groups is 2. The molecule has 0 bridgehead atoms. The fourth-order valence-electron chi connectivity index (χ4n) is 3.69. The molecule has 0 amide bonds. The molecule has 2 rings (SSSR count). The minimum Gasteiger partial charge on any atom is -0.463 e. The van der Waals surface area contributed by atoms with Gasteiger partial charge in [0.2, 0.25) is 13.2 Å². The number of ether oxygens (including phenoxy) is 2. The maximum atomic E-state index is 11.1. The van der Waals surface area contributed by atoms with Crippen LogP contribution in [0.15, 0.2) is 58.8 Å². The van der Waals surface area contributed by atoms with Crippen molar-refractivity contribution in [3.8, 4) is 0 Å². The number of oxime groups is 2. The molecule has 44 heavy (non-hydrogen) atoms. The Morgan fingerprint density at radius 2 is 0.977 bits per heavy atom. The molecule has 12 heteroatoms. The molecular weight excluding hydrogens is 568 g/mol. The summed E-state index contributed by atoms with van der Waals surface area (Å²) >= 11 is 0. The molecule has 0 aliphatic carbocycles. The van der Waals surface area contributed by atoms with Gasteiger partial charge in [0.1, 0.15) is 11.7 Å². The molecule has 0 aliphatic heterocycles. The average molecular weight is 617 g/mol. The second kappa shape index (κ2) is 20.7. The summed E-state index contributed by atoms with van der Waals surface area (Å²) in [5.74, 6) is -0.354. The van der Waals surface area contributed by atoms with E-state index in [4.69, 9.17) is 30.6 Å². The minimum atomic E-state index is -0.477. The first kappa shape index (κ1) is 37.9. The highest BCUT2D eigenvalue weighted by molar-refractivity contribution is 5.82. The van der Waals surface area contributed by atoms with E-state index in [9.17, 15) is 19.8 Å². The number of hydrogen-bond acceptors (Lipinski definition) is 10. The van der Waals surface area contributed by atoms with Crippen molar-refractivity contribution in [1.29, 1.82) is 0 Å². The third-order valence-corrected chi connectivity index (χ3v) is 6.33. The number of hydrogen-bond donors (Lipinski definition) is 4. The van der Waals surface area contributed by atoms with Gasteiger partial charge in [0.05, 0.1) is 25.4 Å². The van der Waals surface area contributed by atoms with Crippen LogP contribution in [0, 0.1) is 11.8 Å². The summed E-state index contributed by atoms with van der Waals surface area (Å²) in [5.41, 5.74) is 15.6. The fourth-order valence-corrected chi connectivity index (χ4v) is 3.69. The summed E-state index contributed by atoms with van der Waals surface area (Å²) in [6.45, 7) is 10.9. The lowest BCUT2D eigenvalue weighted by Crippen LogP contribution is -2.24. The van der Waals surface area contributed by atoms with Gasteiger partial charge in [-0.3, -0.25) is 0 Å². The number of carbonyl (C=O) groups excluding carboxylic acids is 2. The summed E-state index contributed by atoms with van der Waals surface area (Å²) < 4.78 is 9.43. The van der Waals surface area contributed by atoms with Gasteiger partial charge < -0.3 is 40.8 Å². The Morgan fingerprint density at radius 1 is 0.659 bits per heavy atom. The van der Waals surface area contributed by atoms with Gasteiger partial charge in [-0.25, -0.2) is 9.59 Å². The molecule has 6 N–H and O–H groups in total. The number of aliphatic hydroxyl groups excluding tert-OH is 2. The highest BCUT2D eigenvalue weighted by Crippen LogP contribution is 2.16. The number of nitrogens with two attached hydrogens (primary N) is 2. The van der Waals surface area contributed by atoms with Crippen molar-refractivity contribution in [1.82, 2.24) is 0 Å². The van der Waals surface area contributed by atoms with Crippen molar-refractivity contribution in [3.05, 3.63) is 70.8 Å². The van der Waals surface area contributed by atoms with Crippen molar-refractivity contribution in [2.75, 3.05) is 26.4 Å². The highest BCUT2D eigenvalue weighted by Gasteiger charge is 2.12. The summed E-state index contributed by atoms with van der Waals surface area (Å²) in [4.78, 5) is 31.9. The molecule has 2 unspecified atom stereocenters. The van der Waals surface area contributed by atoms with Crippen LogP contribution in [0.5, 0.6) is 0 Å². The Kier molecular flexibility index (Phi) is 17.8. The third kappa shape index (κ3) is 15.4. The first-order valence-electron chi connectivity index (χ1n) is 14.6. The topological polar surface area (TPSA) is 188 Å². The Bertz CT molecular complexity index is 1090. The number of benzene rings is 2. The molecule has 0 aliphatic rings. The largest absolute Gasteiger partial charge is 0.463 e. The van der Waals surface area contributed by atoms with Crippen LogP contribution in [0.25, 0.3) is 0 Å². The van der Waals surface area contributed by atoms with Crippen LogP contribution >= 0.6 is 0 Å². The van der Waals surface area contributed by atoms with Gasteiger partial charge in [0.15, 0.2) is 0 Å². The molecular formula is C32H48N4O8. The third-order valence-electron chi connectivity index (χ3n) is 6.33. The number of nitrogens with zero attached hydrogens (tertiary/aromatic N) is 2. The molecule has 0 radical (unpaired) electrons. The van der Waals surface area contributed by atoms with E-state index in [0.717, 1.165) is 22.3 Å². The molecule has 0 fully saturated rings. The van der Waals surface area contributed by atoms with Crippen LogP contribution in [0.2, 0.25) is 0 Å². The van der Waals surface area contributed by atoms with Gasteiger partial charge in [-0.15, -0.1) is 0 Å². The fraction of sp³-hybridized carbons (Fsp3) is 0.500. The van der Waals surface area contributed by atoms with Gasteiger partial charge in [-0.05, 0) is 62.8 Å². The predicted molar refractivity (Wildman–Crippen MR) is 168 cm³/mol. The number of rotatable bonds is 16. The molecule has 0 spiro atoms. The Labute approximate surface area is 260 Å². The van der Waals surface area contributed by atoms with E-state index in [1.54, 1.807) is 27.7 Å². The molecule has 0 heterocycles. The van der Waals surface area contributed by atoms with Crippen molar-refractivity contribution in [2.45, 2.75) is 66.6 Å². The van der Waals surface area contributed by atoms with Gasteiger partial charge in [-0.2, -0.15) is 0 Å². The van der Waals surface area contributed by atoms with Crippen molar-refractivity contribution in [2.24, 2.45) is 33.6 Å². The second-order valence-corrected chi connectivity index (χ2v) is 10.2. The number of amidine groups is 2. The molecule has 2 aromatic carbocycles. The van der Waals surface area contributed by atoms with Crippen molar-refractivity contribution in [3.63, 3.8) is 0 Å². The van der Waals surface area contributed by atoms with Crippen LogP contribution < -0.4 is 11.5 Å². The lowest BCUT2D eigenvalue weighted by atomic mass is 9.98. The second-order valence-electron chi connectivity index (χ2n) is 10.2. The van der Waals surface area contributed by atoms with E-state index >= 15 is 0 Å². The van der Waals surface area contributed by atoms with Gasteiger partial charge in [0.25, 0.3) is 0 Å². The average Bonchev–Trinajstić information content (AvgIpc) is 2.98. The molecule has 0 aromatic heterocycles. The van der Waals surface area contributed by atoms with E-state index < -0.39 is 24.1 Å². The summed E-state index contributed by atoms with van der Waals surface area (Å²) in [7, 11) is 0. The standard InChI is InChI=1S/2C16H24N2O4/c2*1-4-21-15(20)10-22-18-16(17)11(2)9-13-5-7-14(8-6-13)12(3)19/h2*5-8,11-12,19H,4,9-10H2,1-3H3,(H2,17,18)/t2*11-,12?/m00/s1. The zero-order valence-corrected chi connectivity index (χ0v) is 26.6. The molecule has 0 saturated carbocycles. The Hall–Kier alpha value is -4.16. The highest BCUT2D eigenvalue weighted by atomic mass is 16.7. The van der Waals surface area contributed by atoms with Crippen LogP contribution in [-0.4, -0.2) is 60.3 Å². The van der Waals surface area contributed by atoms with Crippen molar-refractivity contribution >= 4 is 23.6 Å². The first-order chi connectivity index (χ1) is 20.9. The predicted octanol–water partition coefficient (Wildman–Crippen LogP) is 3.54. The molecule has 4 atom stereocenters. The number of carbonyl (C=O) groups is 2. The van der Waals surface area contributed by atoms with E-state index in [-0.39, 0.29) is 25.0 Å². The maximum absolute atomic E-state index is 11.1. The quantitative estimate of drug-likeness (QED) is 0.0940. The lowest BCUT2D eigenvalue weighted by Gasteiger charge is -2.12.